The minimum atomic E-state index is 0.455. The number of ether oxygens (including phenoxy) is 1. The lowest BCUT2D eigenvalue weighted by atomic mass is 10.0. The van der Waals surface area contributed by atoms with Gasteiger partial charge >= 0.3 is 0 Å². The Kier molecular flexibility index (Phi) is 1.74. The van der Waals surface area contributed by atoms with Crippen LogP contribution in [0.2, 0.25) is 0 Å². The molecule has 4 rings (SSSR count). The van der Waals surface area contributed by atoms with Crippen molar-refractivity contribution in [3.63, 3.8) is 0 Å². The number of oxazole rings is 1. The number of anilines is 1. The lowest BCUT2D eigenvalue weighted by Gasteiger charge is -2.13. The van der Waals surface area contributed by atoms with E-state index in [1.165, 1.54) is 0 Å². The number of fused-ring (bicyclic) bond motifs is 2. The topological polar surface area (TPSA) is 38.5 Å². The van der Waals surface area contributed by atoms with E-state index in [4.69, 9.17) is 10.5 Å². The van der Waals surface area contributed by atoms with Crippen LogP contribution in [0.5, 0.6) is 0 Å². The van der Waals surface area contributed by atoms with E-state index >= 15 is 0 Å². The second kappa shape index (κ2) is 3.47. The molecule has 1 aromatic heterocycles. The summed E-state index contributed by atoms with van der Waals surface area (Å²) in [6, 6.07) is 6.43. The van der Waals surface area contributed by atoms with Gasteiger partial charge in [0.05, 0.1) is 14.6 Å². The zero-order valence-corrected chi connectivity index (χ0v) is 9.43. The standard InChI is InChI=1S/C13H14N2O2/c1-2-4-12-11(3-1)14-13(17-12)15-5-9-7-16-8-10(9)6-15/h1-4,9-10H,5-8H2/i2D. The first-order valence-electron chi connectivity index (χ1n) is 6.49. The van der Waals surface area contributed by atoms with Crippen LogP contribution >= 0.6 is 0 Å². The number of para-hydroxylation sites is 2. The van der Waals surface area contributed by atoms with E-state index in [2.05, 4.69) is 9.88 Å². The quantitative estimate of drug-likeness (QED) is 0.751. The zero-order valence-electron chi connectivity index (χ0n) is 10.4. The predicted octanol–water partition coefficient (Wildman–Crippen LogP) is 1.91. The van der Waals surface area contributed by atoms with Crippen molar-refractivity contribution in [1.29, 1.82) is 0 Å². The first-order chi connectivity index (χ1) is 8.79. The van der Waals surface area contributed by atoms with E-state index < -0.39 is 0 Å². The van der Waals surface area contributed by atoms with Gasteiger partial charge in [-0.15, -0.1) is 0 Å². The molecule has 4 nitrogen and oxygen atoms in total. The first-order valence-corrected chi connectivity index (χ1v) is 5.99. The van der Waals surface area contributed by atoms with Crippen LogP contribution in [-0.4, -0.2) is 31.3 Å². The van der Waals surface area contributed by atoms with Crippen LogP contribution in [-0.2, 0) is 4.74 Å². The van der Waals surface area contributed by atoms with Crippen molar-refractivity contribution in [1.82, 2.24) is 4.98 Å². The van der Waals surface area contributed by atoms with Gasteiger partial charge in [-0.25, -0.2) is 0 Å². The van der Waals surface area contributed by atoms with Crippen molar-refractivity contribution in [2.45, 2.75) is 0 Å². The van der Waals surface area contributed by atoms with E-state index in [1.54, 1.807) is 12.1 Å². The summed E-state index contributed by atoms with van der Waals surface area (Å²) in [5, 5.41) is 0. The fraction of sp³-hybridized carbons (Fsp3) is 0.462. The number of hydrogen-bond acceptors (Lipinski definition) is 4. The Morgan fingerprint density at radius 2 is 2.12 bits per heavy atom. The molecule has 4 heteroatoms. The Labute approximate surface area is 101 Å². The molecule has 2 aromatic rings. The molecule has 2 saturated heterocycles. The van der Waals surface area contributed by atoms with E-state index in [1.807, 2.05) is 6.07 Å². The van der Waals surface area contributed by atoms with Crippen LogP contribution < -0.4 is 4.90 Å². The van der Waals surface area contributed by atoms with Gasteiger partial charge in [0.25, 0.3) is 6.01 Å². The summed E-state index contributed by atoms with van der Waals surface area (Å²) in [5.41, 5.74) is 1.53. The highest BCUT2D eigenvalue weighted by Crippen LogP contribution is 2.33. The molecule has 3 heterocycles. The number of benzene rings is 1. The smallest absolute Gasteiger partial charge is 0.298 e. The number of rotatable bonds is 1. The summed E-state index contributed by atoms with van der Waals surface area (Å²) in [5.74, 6) is 1.23. The van der Waals surface area contributed by atoms with E-state index in [0.717, 1.165) is 31.8 Å². The normalized spacial score (nSPS) is 28.7. The highest BCUT2D eigenvalue weighted by atomic mass is 16.5. The molecule has 88 valence electrons. The highest BCUT2D eigenvalue weighted by Gasteiger charge is 2.38. The summed E-state index contributed by atoms with van der Waals surface area (Å²) in [7, 11) is 0. The second-order valence-electron chi connectivity index (χ2n) is 4.85. The van der Waals surface area contributed by atoms with Crippen molar-refractivity contribution in [2.75, 3.05) is 31.2 Å². The van der Waals surface area contributed by atoms with E-state index in [-0.39, 0.29) is 0 Å². The van der Waals surface area contributed by atoms with Gasteiger partial charge in [0.15, 0.2) is 5.58 Å². The molecule has 1 aromatic carbocycles. The van der Waals surface area contributed by atoms with Crippen molar-refractivity contribution in [3.05, 3.63) is 24.2 Å². The maximum atomic E-state index is 7.58. The molecule has 2 aliphatic rings. The van der Waals surface area contributed by atoms with Crippen LogP contribution in [0.25, 0.3) is 11.1 Å². The third kappa shape index (κ3) is 1.44. The monoisotopic (exact) mass is 231 g/mol. The van der Waals surface area contributed by atoms with Gasteiger partial charge in [-0.2, -0.15) is 4.98 Å². The van der Waals surface area contributed by atoms with Gasteiger partial charge in [0, 0.05) is 24.9 Å². The van der Waals surface area contributed by atoms with Crippen molar-refractivity contribution in [3.8, 4) is 0 Å². The first kappa shape index (κ1) is 8.53. The molecule has 0 N–H and O–H groups in total. The minimum Gasteiger partial charge on any atom is -0.423 e. The Morgan fingerprint density at radius 3 is 2.94 bits per heavy atom. The second-order valence-corrected chi connectivity index (χ2v) is 4.85. The van der Waals surface area contributed by atoms with Gasteiger partial charge in [-0.1, -0.05) is 12.1 Å². The molecule has 0 saturated carbocycles. The molecule has 2 unspecified atom stereocenters. The number of hydrogen-bond donors (Lipinski definition) is 0. The van der Waals surface area contributed by atoms with Gasteiger partial charge in [0.1, 0.15) is 5.52 Å². The van der Waals surface area contributed by atoms with Crippen molar-refractivity contribution >= 4 is 17.1 Å². The van der Waals surface area contributed by atoms with Crippen LogP contribution in [0.15, 0.2) is 28.7 Å². The molecule has 0 radical (unpaired) electrons. The summed E-state index contributed by atoms with van der Waals surface area (Å²) < 4.78 is 18.8. The number of aromatic nitrogens is 1. The van der Waals surface area contributed by atoms with Crippen LogP contribution in [0.3, 0.4) is 0 Å². The van der Waals surface area contributed by atoms with E-state index in [0.29, 0.717) is 29.5 Å². The molecule has 0 bridgehead atoms. The molecule has 2 aliphatic heterocycles. The van der Waals surface area contributed by atoms with Crippen molar-refractivity contribution in [2.24, 2.45) is 11.8 Å². The molecule has 0 spiro atoms. The molecule has 0 amide bonds. The number of nitrogens with zero attached hydrogens (tertiary/aromatic N) is 2. The van der Waals surface area contributed by atoms with Crippen molar-refractivity contribution < 1.29 is 10.5 Å². The molecule has 17 heavy (non-hydrogen) atoms. The Balaban J connectivity index is 1.67. The van der Waals surface area contributed by atoms with Crippen LogP contribution in [0, 0.1) is 11.8 Å². The maximum absolute atomic E-state index is 7.58. The van der Waals surface area contributed by atoms with E-state index in [9.17, 15) is 0 Å². The Hall–Kier alpha value is -1.55. The predicted molar refractivity (Wildman–Crippen MR) is 64.0 cm³/mol. The summed E-state index contributed by atoms with van der Waals surface area (Å²) in [6.45, 7) is 3.65. The average molecular weight is 231 g/mol. The summed E-state index contributed by atoms with van der Waals surface area (Å²) >= 11 is 0. The van der Waals surface area contributed by atoms with Gasteiger partial charge in [-0.05, 0) is 12.1 Å². The maximum Gasteiger partial charge on any atom is 0.298 e. The van der Waals surface area contributed by atoms with Gasteiger partial charge in [-0.3, -0.25) is 0 Å². The molecular weight excluding hydrogens is 216 g/mol. The lowest BCUT2D eigenvalue weighted by molar-refractivity contribution is 0.177. The minimum absolute atomic E-state index is 0.455. The average Bonchev–Trinajstić information content (AvgIpc) is 2.99. The SMILES string of the molecule is [2H]c1ccc2nc(N3CC4COCC4C3)oc2c1. The molecular formula is C13H14N2O2. The van der Waals surface area contributed by atoms with Crippen LogP contribution in [0.4, 0.5) is 6.01 Å². The Morgan fingerprint density at radius 1 is 1.29 bits per heavy atom. The van der Waals surface area contributed by atoms with Crippen LogP contribution in [0.1, 0.15) is 1.37 Å². The van der Waals surface area contributed by atoms with Gasteiger partial charge in [0.2, 0.25) is 0 Å². The Bertz CT molecular complexity index is 586. The fourth-order valence-corrected chi connectivity index (χ4v) is 2.78. The highest BCUT2D eigenvalue weighted by molar-refractivity contribution is 5.74. The third-order valence-electron chi connectivity index (χ3n) is 3.73. The molecule has 2 fully saturated rings. The molecule has 2 atom stereocenters. The molecule has 0 aliphatic carbocycles. The van der Waals surface area contributed by atoms with Gasteiger partial charge < -0.3 is 14.1 Å². The largest absolute Gasteiger partial charge is 0.423 e. The zero-order chi connectivity index (χ0) is 12.1. The lowest BCUT2D eigenvalue weighted by Crippen LogP contribution is -2.22. The summed E-state index contributed by atoms with van der Waals surface area (Å²) in [6.07, 6.45) is 0. The fourth-order valence-electron chi connectivity index (χ4n) is 2.78. The third-order valence-corrected chi connectivity index (χ3v) is 3.73. The summed E-state index contributed by atoms with van der Waals surface area (Å²) in [4.78, 5) is 6.69.